The van der Waals surface area contributed by atoms with Crippen LogP contribution in [0.5, 0.6) is 5.75 Å². The Morgan fingerprint density at radius 2 is 1.74 bits per heavy atom. The van der Waals surface area contributed by atoms with E-state index in [2.05, 4.69) is 0 Å². The van der Waals surface area contributed by atoms with Crippen molar-refractivity contribution in [3.05, 3.63) is 70.8 Å². The molecule has 1 aliphatic carbocycles. The lowest BCUT2D eigenvalue weighted by molar-refractivity contribution is -0.116. The molecule has 3 nitrogen and oxygen atoms in total. The Bertz CT molecular complexity index is 735. The molecule has 0 aliphatic heterocycles. The zero-order valence-corrected chi connectivity index (χ0v) is 13.6. The van der Waals surface area contributed by atoms with Crippen LogP contribution in [-0.2, 0) is 4.79 Å². The monoisotopic (exact) mass is 327 g/mol. The molecule has 2 N–H and O–H groups in total. The second-order valence-electron chi connectivity index (χ2n) is 5.69. The zero-order valence-electron chi connectivity index (χ0n) is 12.8. The van der Waals surface area contributed by atoms with Gasteiger partial charge in [0, 0.05) is 10.9 Å². The van der Waals surface area contributed by atoms with E-state index in [1.54, 1.807) is 13.2 Å². The van der Waals surface area contributed by atoms with E-state index in [-0.39, 0.29) is 11.7 Å². The number of methoxy groups -OCH3 is 1. The number of halogens is 1. The summed E-state index contributed by atoms with van der Waals surface area (Å²) >= 11 is 5.94. The van der Waals surface area contributed by atoms with Crippen LogP contribution >= 0.6 is 11.6 Å². The van der Waals surface area contributed by atoms with Crippen LogP contribution in [0.4, 0.5) is 0 Å². The maximum absolute atomic E-state index is 12.3. The summed E-state index contributed by atoms with van der Waals surface area (Å²) in [7, 11) is 1.63. The standard InChI is InChI=1S/C19H18ClNO2/c1-23-16-8-4-13(5-9-16)17-10-14(11-18(22)19(17)21)12-2-6-15(20)7-3-12/h2-9,11,17,19H,10,21H2,1H3. The molecule has 0 bridgehead atoms. The SMILES string of the molecule is COc1ccc(C2CC(c3ccc(Cl)cc3)=CC(=O)C2N)cc1. The summed E-state index contributed by atoms with van der Waals surface area (Å²) in [5.74, 6) is 0.712. The first-order chi connectivity index (χ1) is 11.1. The van der Waals surface area contributed by atoms with Crippen molar-refractivity contribution in [2.75, 3.05) is 7.11 Å². The summed E-state index contributed by atoms with van der Waals surface area (Å²) in [4.78, 5) is 12.3. The topological polar surface area (TPSA) is 52.3 Å². The van der Waals surface area contributed by atoms with Crippen molar-refractivity contribution < 1.29 is 9.53 Å². The second-order valence-corrected chi connectivity index (χ2v) is 6.12. The lowest BCUT2D eigenvalue weighted by Gasteiger charge is -2.28. The third-order valence-electron chi connectivity index (χ3n) is 4.28. The summed E-state index contributed by atoms with van der Waals surface area (Å²) in [5.41, 5.74) is 9.19. The van der Waals surface area contributed by atoms with E-state index in [0.29, 0.717) is 5.02 Å². The van der Waals surface area contributed by atoms with Gasteiger partial charge < -0.3 is 10.5 Å². The number of ether oxygens (including phenoxy) is 1. The van der Waals surface area contributed by atoms with Gasteiger partial charge in [-0.3, -0.25) is 4.79 Å². The number of hydrogen-bond acceptors (Lipinski definition) is 3. The molecule has 2 aromatic rings. The van der Waals surface area contributed by atoms with Gasteiger partial charge in [-0.05, 0) is 53.5 Å². The Balaban J connectivity index is 1.91. The maximum atomic E-state index is 12.3. The van der Waals surface area contributed by atoms with Crippen LogP contribution in [0.25, 0.3) is 5.57 Å². The van der Waals surface area contributed by atoms with Crippen molar-refractivity contribution in [2.24, 2.45) is 5.73 Å². The number of nitrogens with two attached hydrogens (primary N) is 1. The van der Waals surface area contributed by atoms with Gasteiger partial charge in [-0.25, -0.2) is 0 Å². The smallest absolute Gasteiger partial charge is 0.173 e. The van der Waals surface area contributed by atoms with E-state index in [9.17, 15) is 4.79 Å². The second kappa shape index (κ2) is 6.57. The minimum atomic E-state index is -0.514. The highest BCUT2D eigenvalue weighted by molar-refractivity contribution is 6.30. The highest BCUT2D eigenvalue weighted by Crippen LogP contribution is 2.36. The molecule has 2 aromatic carbocycles. The summed E-state index contributed by atoms with van der Waals surface area (Å²) in [6.07, 6.45) is 2.38. The molecule has 0 aromatic heterocycles. The van der Waals surface area contributed by atoms with Gasteiger partial charge in [-0.2, -0.15) is 0 Å². The van der Waals surface area contributed by atoms with Crippen molar-refractivity contribution in [2.45, 2.75) is 18.4 Å². The molecule has 0 fully saturated rings. The highest BCUT2D eigenvalue weighted by atomic mass is 35.5. The summed E-state index contributed by atoms with van der Waals surface area (Å²) in [5, 5.41) is 0.680. The van der Waals surface area contributed by atoms with Crippen LogP contribution in [0.3, 0.4) is 0 Å². The molecule has 4 heteroatoms. The predicted molar refractivity (Wildman–Crippen MR) is 92.8 cm³/mol. The van der Waals surface area contributed by atoms with Gasteiger partial charge >= 0.3 is 0 Å². The summed E-state index contributed by atoms with van der Waals surface area (Å²) in [6.45, 7) is 0. The molecule has 2 unspecified atom stereocenters. The normalized spacial score (nSPS) is 21.0. The number of allylic oxidation sites excluding steroid dienone is 1. The molecule has 3 rings (SSSR count). The molecule has 0 saturated carbocycles. The van der Waals surface area contributed by atoms with Crippen molar-refractivity contribution in [1.29, 1.82) is 0 Å². The zero-order chi connectivity index (χ0) is 16.4. The number of ketones is 1. The highest BCUT2D eigenvalue weighted by Gasteiger charge is 2.30. The fourth-order valence-corrected chi connectivity index (χ4v) is 3.06. The average molecular weight is 328 g/mol. The van der Waals surface area contributed by atoms with Crippen molar-refractivity contribution in [3.8, 4) is 5.75 Å². The molecule has 23 heavy (non-hydrogen) atoms. The average Bonchev–Trinajstić information content (AvgIpc) is 2.58. The van der Waals surface area contributed by atoms with Crippen LogP contribution in [0.1, 0.15) is 23.5 Å². The number of rotatable bonds is 3. The van der Waals surface area contributed by atoms with Gasteiger partial charge in [0.25, 0.3) is 0 Å². The van der Waals surface area contributed by atoms with E-state index >= 15 is 0 Å². The van der Waals surface area contributed by atoms with Crippen LogP contribution in [0, 0.1) is 0 Å². The van der Waals surface area contributed by atoms with E-state index in [1.807, 2.05) is 48.5 Å². The summed E-state index contributed by atoms with van der Waals surface area (Å²) < 4.78 is 5.18. The minimum Gasteiger partial charge on any atom is -0.497 e. The molecule has 0 spiro atoms. The maximum Gasteiger partial charge on any atom is 0.173 e. The predicted octanol–water partition coefficient (Wildman–Crippen LogP) is 3.82. The Labute approximate surface area is 140 Å². The van der Waals surface area contributed by atoms with Crippen LogP contribution < -0.4 is 10.5 Å². The van der Waals surface area contributed by atoms with Crippen molar-refractivity contribution >= 4 is 23.0 Å². The number of carbonyl (C=O) groups is 1. The lowest BCUT2D eigenvalue weighted by Crippen LogP contribution is -2.38. The van der Waals surface area contributed by atoms with Gasteiger partial charge in [0.15, 0.2) is 5.78 Å². The molecule has 0 heterocycles. The van der Waals surface area contributed by atoms with Crippen molar-refractivity contribution in [1.82, 2.24) is 0 Å². The third kappa shape index (κ3) is 3.31. The van der Waals surface area contributed by atoms with E-state index in [4.69, 9.17) is 22.1 Å². The first-order valence-electron chi connectivity index (χ1n) is 7.48. The molecule has 0 radical (unpaired) electrons. The minimum absolute atomic E-state index is 0.0379. The fourth-order valence-electron chi connectivity index (χ4n) is 2.93. The van der Waals surface area contributed by atoms with Gasteiger partial charge in [0.2, 0.25) is 0 Å². The fraction of sp³-hybridized carbons (Fsp3) is 0.211. The molecule has 2 atom stereocenters. The molecular weight excluding hydrogens is 310 g/mol. The van der Waals surface area contributed by atoms with Crippen LogP contribution in [0.2, 0.25) is 5.02 Å². The van der Waals surface area contributed by atoms with E-state index < -0.39 is 6.04 Å². The third-order valence-corrected chi connectivity index (χ3v) is 4.53. The molecule has 1 aliphatic rings. The largest absolute Gasteiger partial charge is 0.497 e. The molecule has 118 valence electrons. The molecule has 0 amide bonds. The van der Waals surface area contributed by atoms with Gasteiger partial charge in [0.1, 0.15) is 5.75 Å². The van der Waals surface area contributed by atoms with Gasteiger partial charge in [-0.15, -0.1) is 0 Å². The van der Waals surface area contributed by atoms with Gasteiger partial charge in [-0.1, -0.05) is 35.9 Å². The molecule has 0 saturated heterocycles. The number of hydrogen-bond donors (Lipinski definition) is 1. The Kier molecular flexibility index (Phi) is 4.51. The number of carbonyl (C=O) groups excluding carboxylic acids is 1. The van der Waals surface area contributed by atoms with Crippen LogP contribution in [0.15, 0.2) is 54.6 Å². The first-order valence-corrected chi connectivity index (χ1v) is 7.86. The van der Waals surface area contributed by atoms with E-state index in [0.717, 1.165) is 28.9 Å². The van der Waals surface area contributed by atoms with Gasteiger partial charge in [0.05, 0.1) is 13.2 Å². The number of benzene rings is 2. The molecular formula is C19H18ClNO2. The Morgan fingerprint density at radius 1 is 1.09 bits per heavy atom. The first kappa shape index (κ1) is 15.8. The Hall–Kier alpha value is -2.10. The van der Waals surface area contributed by atoms with Crippen LogP contribution in [-0.4, -0.2) is 18.9 Å². The Morgan fingerprint density at radius 3 is 2.35 bits per heavy atom. The lowest BCUT2D eigenvalue weighted by atomic mass is 9.78. The van der Waals surface area contributed by atoms with Crippen molar-refractivity contribution in [3.63, 3.8) is 0 Å². The van der Waals surface area contributed by atoms with E-state index in [1.165, 1.54) is 0 Å². The summed E-state index contributed by atoms with van der Waals surface area (Å²) in [6, 6.07) is 14.8. The quantitative estimate of drug-likeness (QED) is 0.932.